The molecule has 0 fully saturated rings. The molecule has 0 aliphatic rings. The predicted octanol–water partition coefficient (Wildman–Crippen LogP) is 5.94. The lowest BCUT2D eigenvalue weighted by Crippen LogP contribution is -2.39. The molecule has 5 nitrogen and oxygen atoms in total. The highest BCUT2D eigenvalue weighted by molar-refractivity contribution is 7.86. The molecule has 1 amide bonds. The first-order chi connectivity index (χ1) is 12.8. The zero-order chi connectivity index (χ0) is 20.5. The Morgan fingerprint density at radius 1 is 0.778 bits per heavy atom. The summed E-state index contributed by atoms with van der Waals surface area (Å²) in [6, 6.07) is 0. The van der Waals surface area contributed by atoms with Crippen molar-refractivity contribution in [2.45, 2.75) is 122 Å². The molecule has 0 rings (SSSR count). The van der Waals surface area contributed by atoms with E-state index in [1.165, 1.54) is 91.0 Å². The van der Waals surface area contributed by atoms with Crippen molar-refractivity contribution in [2.75, 3.05) is 7.05 Å². The Balaban J connectivity index is 3.41. The summed E-state index contributed by atoms with van der Waals surface area (Å²) in [6.07, 6.45) is 19.4. The summed E-state index contributed by atoms with van der Waals surface area (Å²) in [5, 5.41) is -1.18. The van der Waals surface area contributed by atoms with E-state index in [1.807, 2.05) is 0 Å². The highest BCUT2D eigenvalue weighted by Crippen LogP contribution is 2.14. The number of unbranched alkanes of at least 4 members (excludes halogenated alkanes) is 14. The maximum Gasteiger partial charge on any atom is 0.286 e. The summed E-state index contributed by atoms with van der Waals surface area (Å²) in [4.78, 5) is 13.0. The Morgan fingerprint density at radius 3 is 1.44 bits per heavy atom. The number of carbonyl (C=O) groups excluding carboxylic acids is 1. The Hall–Kier alpha value is -0.620. The molecule has 0 aliphatic heterocycles. The van der Waals surface area contributed by atoms with Gasteiger partial charge in [-0.15, -0.1) is 0 Å². The molecule has 0 aliphatic carbocycles. The van der Waals surface area contributed by atoms with Gasteiger partial charge < -0.3 is 4.90 Å². The molecule has 0 saturated carbocycles. The largest absolute Gasteiger partial charge is 0.327 e. The third-order valence-electron chi connectivity index (χ3n) is 5.36. The second-order valence-corrected chi connectivity index (χ2v) is 9.53. The van der Waals surface area contributed by atoms with Crippen LogP contribution in [-0.2, 0) is 14.9 Å². The summed E-state index contributed by atoms with van der Waals surface area (Å²) in [6.45, 7) is 3.58. The molecule has 0 saturated heterocycles. The fraction of sp³-hybridized carbons (Fsp3) is 0.952. The van der Waals surface area contributed by atoms with Gasteiger partial charge in [-0.2, -0.15) is 8.42 Å². The maximum absolute atomic E-state index is 11.9. The molecular weight excluding hydrogens is 362 g/mol. The lowest BCUT2D eigenvalue weighted by molar-refractivity contribution is -0.130. The lowest BCUT2D eigenvalue weighted by atomic mass is 10.0. The van der Waals surface area contributed by atoms with Crippen LogP contribution in [0.3, 0.4) is 0 Å². The van der Waals surface area contributed by atoms with E-state index in [-0.39, 0.29) is 5.91 Å². The third kappa shape index (κ3) is 15.0. The summed E-state index contributed by atoms with van der Waals surface area (Å²) >= 11 is 0. The van der Waals surface area contributed by atoms with Gasteiger partial charge in [-0.1, -0.05) is 96.8 Å². The minimum Gasteiger partial charge on any atom is -0.327 e. The monoisotopic (exact) mass is 405 g/mol. The first-order valence-corrected chi connectivity index (χ1v) is 12.5. The Morgan fingerprint density at radius 2 is 1.11 bits per heavy atom. The van der Waals surface area contributed by atoms with Crippen LogP contribution < -0.4 is 0 Å². The highest BCUT2D eigenvalue weighted by atomic mass is 32.2. The minimum atomic E-state index is -4.20. The predicted molar refractivity (Wildman–Crippen MR) is 113 cm³/mol. The Bertz CT molecular complexity index is 465. The van der Waals surface area contributed by atoms with E-state index in [0.29, 0.717) is 6.42 Å². The number of hydrogen-bond donors (Lipinski definition) is 1. The fourth-order valence-electron chi connectivity index (χ4n) is 3.23. The van der Waals surface area contributed by atoms with Gasteiger partial charge in [-0.3, -0.25) is 9.35 Å². The first kappa shape index (κ1) is 26.4. The molecule has 162 valence electrons. The van der Waals surface area contributed by atoms with Crippen LogP contribution in [0.1, 0.15) is 117 Å². The van der Waals surface area contributed by atoms with Crippen LogP contribution in [-0.4, -0.2) is 36.2 Å². The van der Waals surface area contributed by atoms with Gasteiger partial charge >= 0.3 is 0 Å². The van der Waals surface area contributed by atoms with Gasteiger partial charge in [-0.25, -0.2) is 0 Å². The molecule has 6 heteroatoms. The molecular formula is C21H43NO4S. The van der Waals surface area contributed by atoms with Gasteiger partial charge in [0.05, 0.1) is 0 Å². The van der Waals surface area contributed by atoms with Crippen LogP contribution in [0.2, 0.25) is 0 Å². The number of nitrogens with zero attached hydrogens (tertiary/aromatic N) is 1. The molecule has 0 spiro atoms. The standard InChI is InChI=1S/C21H43NO4S/c1-4-5-6-7-8-9-10-11-12-13-14-15-16-17-18-19-21(23)22(3)20(2)27(24,25)26/h20H,4-19H2,1-3H3,(H,24,25,26). The van der Waals surface area contributed by atoms with Gasteiger partial charge in [0.2, 0.25) is 5.91 Å². The van der Waals surface area contributed by atoms with E-state index in [1.54, 1.807) is 0 Å². The van der Waals surface area contributed by atoms with Crippen molar-refractivity contribution in [1.29, 1.82) is 0 Å². The smallest absolute Gasteiger partial charge is 0.286 e. The van der Waals surface area contributed by atoms with E-state index in [0.717, 1.165) is 24.2 Å². The van der Waals surface area contributed by atoms with E-state index in [9.17, 15) is 13.2 Å². The van der Waals surface area contributed by atoms with Crippen molar-refractivity contribution in [3.63, 3.8) is 0 Å². The van der Waals surface area contributed by atoms with Gasteiger partial charge in [0.15, 0.2) is 5.37 Å². The Kier molecular flexibility index (Phi) is 16.0. The summed E-state index contributed by atoms with van der Waals surface area (Å²) in [5.41, 5.74) is 0. The van der Waals surface area contributed by atoms with Crippen molar-refractivity contribution in [1.82, 2.24) is 4.90 Å². The number of carbonyl (C=O) groups is 1. The van der Waals surface area contributed by atoms with E-state index >= 15 is 0 Å². The zero-order valence-corrected chi connectivity index (χ0v) is 18.7. The van der Waals surface area contributed by atoms with Crippen LogP contribution in [0.4, 0.5) is 0 Å². The van der Waals surface area contributed by atoms with Crippen molar-refractivity contribution >= 4 is 16.0 Å². The molecule has 1 atom stereocenters. The highest BCUT2D eigenvalue weighted by Gasteiger charge is 2.25. The molecule has 1 unspecified atom stereocenters. The molecule has 1 N–H and O–H groups in total. The molecule has 0 heterocycles. The van der Waals surface area contributed by atoms with Gasteiger partial charge in [0.1, 0.15) is 0 Å². The average molecular weight is 406 g/mol. The topological polar surface area (TPSA) is 74.7 Å². The molecule has 0 aromatic carbocycles. The van der Waals surface area contributed by atoms with E-state index < -0.39 is 15.5 Å². The molecule has 0 radical (unpaired) electrons. The van der Waals surface area contributed by atoms with Gasteiger partial charge in [0.25, 0.3) is 10.1 Å². The first-order valence-electron chi connectivity index (χ1n) is 11.0. The van der Waals surface area contributed by atoms with Crippen molar-refractivity contribution < 1.29 is 17.8 Å². The van der Waals surface area contributed by atoms with Gasteiger partial charge in [-0.05, 0) is 13.3 Å². The minimum absolute atomic E-state index is 0.227. The number of rotatable bonds is 18. The zero-order valence-electron chi connectivity index (χ0n) is 17.9. The normalized spacial score (nSPS) is 12.9. The van der Waals surface area contributed by atoms with Crippen LogP contribution in [0.25, 0.3) is 0 Å². The summed E-state index contributed by atoms with van der Waals surface area (Å²) < 4.78 is 31.1. The van der Waals surface area contributed by atoms with Crippen LogP contribution in [0.15, 0.2) is 0 Å². The van der Waals surface area contributed by atoms with E-state index in [4.69, 9.17) is 4.55 Å². The maximum atomic E-state index is 11.9. The second kappa shape index (κ2) is 16.3. The number of amides is 1. The van der Waals surface area contributed by atoms with Crippen LogP contribution in [0, 0.1) is 0 Å². The molecule has 0 aromatic heterocycles. The quantitative estimate of drug-likeness (QED) is 0.226. The van der Waals surface area contributed by atoms with Crippen LogP contribution >= 0.6 is 0 Å². The van der Waals surface area contributed by atoms with Crippen molar-refractivity contribution in [2.24, 2.45) is 0 Å². The fourth-order valence-corrected chi connectivity index (χ4v) is 3.74. The van der Waals surface area contributed by atoms with Crippen molar-refractivity contribution in [3.8, 4) is 0 Å². The summed E-state index contributed by atoms with van der Waals surface area (Å²) in [5.74, 6) is -0.227. The van der Waals surface area contributed by atoms with Crippen LogP contribution in [0.5, 0.6) is 0 Å². The Labute approximate surface area is 168 Å². The SMILES string of the molecule is CCCCCCCCCCCCCCCCCC(=O)N(C)C(C)S(=O)(=O)O. The van der Waals surface area contributed by atoms with E-state index in [2.05, 4.69) is 6.92 Å². The second-order valence-electron chi connectivity index (χ2n) is 7.82. The molecule has 0 aromatic rings. The average Bonchev–Trinajstić information content (AvgIpc) is 2.62. The summed E-state index contributed by atoms with van der Waals surface area (Å²) in [7, 11) is -2.78. The van der Waals surface area contributed by atoms with Gasteiger partial charge in [0, 0.05) is 13.5 Å². The number of hydrogen-bond acceptors (Lipinski definition) is 3. The molecule has 0 bridgehead atoms. The molecule has 27 heavy (non-hydrogen) atoms. The van der Waals surface area contributed by atoms with Crippen molar-refractivity contribution in [3.05, 3.63) is 0 Å². The lowest BCUT2D eigenvalue weighted by Gasteiger charge is -2.22. The third-order valence-corrected chi connectivity index (χ3v) is 6.54.